The molecule has 3 nitrogen and oxygen atoms in total. The third-order valence-corrected chi connectivity index (χ3v) is 3.22. The van der Waals surface area contributed by atoms with Gasteiger partial charge < -0.3 is 10.4 Å². The predicted octanol–water partition coefficient (Wildman–Crippen LogP) is 1.88. The van der Waals surface area contributed by atoms with Gasteiger partial charge in [0.25, 0.3) is 0 Å². The first kappa shape index (κ1) is 11.5. The number of hydrogen-bond acceptors (Lipinski definition) is 2. The Labute approximate surface area is 85.9 Å². The molecule has 1 aliphatic heterocycles. The number of carboxylic acid groups (broad SMARTS) is 1. The summed E-state index contributed by atoms with van der Waals surface area (Å²) in [5.74, 6) is -0.0959. The second-order valence-corrected chi connectivity index (χ2v) is 4.61. The van der Waals surface area contributed by atoms with E-state index in [9.17, 15) is 9.90 Å². The third kappa shape index (κ3) is 2.47. The largest absolute Gasteiger partial charge is 0.481 e. The standard InChI is InChI=1S/C11H21NO2/c1-3-4-9(2)7-11(10(13)14)5-6-12-8-11/h9,12H,3-8H2,1-2H3,(H,13,14). The fraction of sp³-hybridized carbons (Fsp3) is 0.909. The minimum atomic E-state index is -0.620. The maximum Gasteiger partial charge on any atom is 0.310 e. The third-order valence-electron chi connectivity index (χ3n) is 3.22. The molecule has 3 heteroatoms. The van der Waals surface area contributed by atoms with Crippen LogP contribution in [0.25, 0.3) is 0 Å². The van der Waals surface area contributed by atoms with Crippen LogP contribution in [0.5, 0.6) is 0 Å². The number of rotatable bonds is 5. The molecule has 14 heavy (non-hydrogen) atoms. The lowest BCUT2D eigenvalue weighted by Crippen LogP contribution is -2.35. The smallest absolute Gasteiger partial charge is 0.310 e. The van der Waals surface area contributed by atoms with Gasteiger partial charge in [0.2, 0.25) is 0 Å². The lowest BCUT2D eigenvalue weighted by Gasteiger charge is -2.26. The molecule has 0 aliphatic carbocycles. The molecular weight excluding hydrogens is 178 g/mol. The average molecular weight is 199 g/mol. The normalized spacial score (nSPS) is 29.0. The molecule has 1 aliphatic rings. The van der Waals surface area contributed by atoms with E-state index in [1.165, 1.54) is 0 Å². The van der Waals surface area contributed by atoms with E-state index >= 15 is 0 Å². The molecule has 0 amide bonds. The monoisotopic (exact) mass is 199 g/mol. The van der Waals surface area contributed by atoms with Gasteiger partial charge >= 0.3 is 5.97 Å². The number of hydrogen-bond donors (Lipinski definition) is 2. The van der Waals surface area contributed by atoms with E-state index in [-0.39, 0.29) is 0 Å². The zero-order chi connectivity index (χ0) is 10.6. The van der Waals surface area contributed by atoms with Crippen LogP contribution in [-0.2, 0) is 4.79 Å². The van der Waals surface area contributed by atoms with Crippen LogP contribution >= 0.6 is 0 Å². The van der Waals surface area contributed by atoms with E-state index in [0.717, 1.165) is 32.2 Å². The van der Waals surface area contributed by atoms with E-state index in [1.807, 2.05) is 0 Å². The summed E-state index contributed by atoms with van der Waals surface area (Å²) >= 11 is 0. The van der Waals surface area contributed by atoms with E-state index in [0.29, 0.717) is 12.5 Å². The van der Waals surface area contributed by atoms with Gasteiger partial charge in [-0.15, -0.1) is 0 Å². The Hall–Kier alpha value is -0.570. The lowest BCUT2D eigenvalue weighted by molar-refractivity contribution is -0.148. The molecule has 1 heterocycles. The van der Waals surface area contributed by atoms with Gasteiger partial charge in [0, 0.05) is 6.54 Å². The lowest BCUT2D eigenvalue weighted by atomic mass is 9.78. The second-order valence-electron chi connectivity index (χ2n) is 4.61. The molecule has 0 radical (unpaired) electrons. The molecule has 0 saturated carbocycles. The molecule has 0 aromatic heterocycles. The van der Waals surface area contributed by atoms with Gasteiger partial charge in [-0.3, -0.25) is 4.79 Å². The van der Waals surface area contributed by atoms with Crippen molar-refractivity contribution in [1.29, 1.82) is 0 Å². The van der Waals surface area contributed by atoms with Crippen molar-refractivity contribution in [3.63, 3.8) is 0 Å². The Kier molecular flexibility index (Phi) is 3.93. The minimum Gasteiger partial charge on any atom is -0.481 e. The van der Waals surface area contributed by atoms with Crippen LogP contribution in [-0.4, -0.2) is 24.2 Å². The van der Waals surface area contributed by atoms with Gasteiger partial charge in [-0.05, 0) is 25.3 Å². The van der Waals surface area contributed by atoms with Crippen molar-refractivity contribution in [3.8, 4) is 0 Å². The fourth-order valence-electron chi connectivity index (χ4n) is 2.45. The van der Waals surface area contributed by atoms with Crippen molar-refractivity contribution in [1.82, 2.24) is 5.32 Å². The zero-order valence-corrected chi connectivity index (χ0v) is 9.18. The van der Waals surface area contributed by atoms with E-state index in [2.05, 4.69) is 19.2 Å². The van der Waals surface area contributed by atoms with Crippen molar-refractivity contribution in [2.24, 2.45) is 11.3 Å². The summed E-state index contributed by atoms with van der Waals surface area (Å²) in [5.41, 5.74) is -0.478. The molecule has 1 saturated heterocycles. The van der Waals surface area contributed by atoms with Crippen LogP contribution in [0.2, 0.25) is 0 Å². The highest BCUT2D eigenvalue weighted by molar-refractivity contribution is 5.75. The van der Waals surface area contributed by atoms with E-state index in [1.54, 1.807) is 0 Å². The van der Waals surface area contributed by atoms with Crippen molar-refractivity contribution in [2.75, 3.05) is 13.1 Å². The van der Waals surface area contributed by atoms with Gasteiger partial charge in [-0.1, -0.05) is 26.7 Å². The van der Waals surface area contributed by atoms with Crippen LogP contribution in [0.3, 0.4) is 0 Å². The first-order chi connectivity index (χ1) is 6.60. The highest BCUT2D eigenvalue weighted by atomic mass is 16.4. The Morgan fingerprint density at radius 3 is 2.79 bits per heavy atom. The molecule has 2 N–H and O–H groups in total. The topological polar surface area (TPSA) is 49.3 Å². The molecule has 1 fully saturated rings. The van der Waals surface area contributed by atoms with Gasteiger partial charge in [0.15, 0.2) is 0 Å². The summed E-state index contributed by atoms with van der Waals surface area (Å²) in [6.45, 7) is 5.81. The summed E-state index contributed by atoms with van der Waals surface area (Å²) in [4.78, 5) is 11.2. The van der Waals surface area contributed by atoms with Gasteiger partial charge in [0.1, 0.15) is 0 Å². The van der Waals surface area contributed by atoms with E-state index < -0.39 is 11.4 Å². The van der Waals surface area contributed by atoms with Crippen LogP contribution in [0.4, 0.5) is 0 Å². The maximum absolute atomic E-state index is 11.2. The number of nitrogens with one attached hydrogen (secondary N) is 1. The number of carbonyl (C=O) groups is 1. The number of carboxylic acids is 1. The minimum absolute atomic E-state index is 0.478. The Morgan fingerprint density at radius 1 is 1.64 bits per heavy atom. The van der Waals surface area contributed by atoms with Crippen molar-refractivity contribution < 1.29 is 9.90 Å². The first-order valence-electron chi connectivity index (χ1n) is 5.55. The highest BCUT2D eigenvalue weighted by Gasteiger charge is 2.41. The zero-order valence-electron chi connectivity index (χ0n) is 9.18. The Bertz CT molecular complexity index is 197. The Balaban J connectivity index is 2.55. The van der Waals surface area contributed by atoms with Crippen LogP contribution in [0, 0.1) is 11.3 Å². The quantitative estimate of drug-likeness (QED) is 0.710. The molecular formula is C11H21NO2. The second kappa shape index (κ2) is 4.78. The highest BCUT2D eigenvalue weighted by Crippen LogP contribution is 2.34. The molecule has 2 atom stereocenters. The van der Waals surface area contributed by atoms with Gasteiger partial charge in [0.05, 0.1) is 5.41 Å². The van der Waals surface area contributed by atoms with Crippen molar-refractivity contribution >= 4 is 5.97 Å². The van der Waals surface area contributed by atoms with Crippen LogP contribution in [0.1, 0.15) is 39.5 Å². The van der Waals surface area contributed by atoms with E-state index in [4.69, 9.17) is 0 Å². The summed E-state index contributed by atoms with van der Waals surface area (Å²) in [6, 6.07) is 0. The molecule has 2 unspecified atom stereocenters. The average Bonchev–Trinajstić information content (AvgIpc) is 2.54. The number of aliphatic carboxylic acids is 1. The van der Waals surface area contributed by atoms with Gasteiger partial charge in [-0.2, -0.15) is 0 Å². The summed E-state index contributed by atoms with van der Waals surface area (Å²) < 4.78 is 0. The molecule has 0 spiro atoms. The van der Waals surface area contributed by atoms with Crippen molar-refractivity contribution in [3.05, 3.63) is 0 Å². The fourth-order valence-corrected chi connectivity index (χ4v) is 2.45. The summed E-state index contributed by atoms with van der Waals surface area (Å²) in [6.07, 6.45) is 3.89. The molecule has 82 valence electrons. The van der Waals surface area contributed by atoms with Crippen LogP contribution in [0.15, 0.2) is 0 Å². The summed E-state index contributed by atoms with van der Waals surface area (Å²) in [7, 11) is 0. The SMILES string of the molecule is CCCC(C)CC1(C(=O)O)CCNC1. The molecule has 0 aromatic rings. The van der Waals surface area contributed by atoms with Crippen LogP contribution < -0.4 is 5.32 Å². The molecule has 0 aromatic carbocycles. The molecule has 1 rings (SSSR count). The molecule has 0 bridgehead atoms. The predicted molar refractivity (Wildman–Crippen MR) is 56.2 cm³/mol. The first-order valence-corrected chi connectivity index (χ1v) is 5.55. The maximum atomic E-state index is 11.2. The van der Waals surface area contributed by atoms with Crippen molar-refractivity contribution in [2.45, 2.75) is 39.5 Å². The summed E-state index contributed by atoms with van der Waals surface area (Å²) in [5, 5.41) is 12.4. The Morgan fingerprint density at radius 2 is 2.36 bits per heavy atom. The van der Waals surface area contributed by atoms with Gasteiger partial charge in [-0.25, -0.2) is 0 Å².